The number of ether oxygens (including phenoxy) is 2. The van der Waals surface area contributed by atoms with Crippen molar-refractivity contribution in [2.24, 2.45) is 23.2 Å². The summed E-state index contributed by atoms with van der Waals surface area (Å²) in [5.41, 5.74) is -0.00521. The van der Waals surface area contributed by atoms with E-state index in [1.807, 2.05) is 0 Å². The lowest BCUT2D eigenvalue weighted by Crippen LogP contribution is -2.50. The van der Waals surface area contributed by atoms with Crippen molar-refractivity contribution in [2.75, 3.05) is 0 Å². The highest BCUT2D eigenvalue weighted by molar-refractivity contribution is 5.78. The van der Waals surface area contributed by atoms with Crippen molar-refractivity contribution in [3.63, 3.8) is 0 Å². The van der Waals surface area contributed by atoms with Crippen molar-refractivity contribution in [2.45, 2.75) is 52.4 Å². The Labute approximate surface area is 96.5 Å². The molecule has 0 spiro atoms. The zero-order chi connectivity index (χ0) is 11.7. The van der Waals surface area contributed by atoms with Gasteiger partial charge >= 0.3 is 5.97 Å². The van der Waals surface area contributed by atoms with Crippen molar-refractivity contribution in [1.82, 2.24) is 0 Å². The number of hydrogen-bond donors (Lipinski definition) is 0. The fourth-order valence-corrected chi connectivity index (χ4v) is 4.58. The van der Waals surface area contributed by atoms with E-state index in [-0.39, 0.29) is 35.6 Å². The SMILES string of the molecule is CC(C)C1(C(C)C)C2CC3OC(=O)C1C3O2. The van der Waals surface area contributed by atoms with Crippen LogP contribution in [0, 0.1) is 23.2 Å². The van der Waals surface area contributed by atoms with Crippen molar-refractivity contribution >= 4 is 5.97 Å². The zero-order valence-electron chi connectivity index (χ0n) is 10.4. The van der Waals surface area contributed by atoms with Crippen molar-refractivity contribution in [1.29, 1.82) is 0 Å². The molecule has 0 aromatic carbocycles. The Bertz CT molecular complexity index is 324. The van der Waals surface area contributed by atoms with Gasteiger partial charge in [-0.25, -0.2) is 0 Å². The normalized spacial score (nSPS) is 43.5. The Hall–Kier alpha value is -0.570. The fourth-order valence-electron chi connectivity index (χ4n) is 4.58. The van der Waals surface area contributed by atoms with Crippen LogP contribution in [0.4, 0.5) is 0 Å². The maximum Gasteiger partial charge on any atom is 0.312 e. The minimum Gasteiger partial charge on any atom is -0.459 e. The first-order valence-electron chi connectivity index (χ1n) is 6.35. The first-order valence-corrected chi connectivity index (χ1v) is 6.35. The number of fused-ring (bicyclic) bond motifs is 1. The summed E-state index contributed by atoms with van der Waals surface area (Å²) in [6, 6.07) is 0. The van der Waals surface area contributed by atoms with Crippen LogP contribution < -0.4 is 0 Å². The van der Waals surface area contributed by atoms with Gasteiger partial charge in [0.15, 0.2) is 0 Å². The molecule has 4 atom stereocenters. The number of carbonyl (C=O) groups is 1. The molecule has 90 valence electrons. The summed E-state index contributed by atoms with van der Waals surface area (Å²) in [6.45, 7) is 8.85. The molecule has 3 aliphatic heterocycles. The van der Waals surface area contributed by atoms with Crippen molar-refractivity contribution < 1.29 is 14.3 Å². The zero-order valence-corrected chi connectivity index (χ0v) is 10.4. The van der Waals surface area contributed by atoms with E-state index in [4.69, 9.17) is 9.47 Å². The molecule has 3 heterocycles. The quantitative estimate of drug-likeness (QED) is 0.673. The summed E-state index contributed by atoms with van der Waals surface area (Å²) in [5.74, 6) is 0.881. The highest BCUT2D eigenvalue weighted by Gasteiger charge is 2.72. The van der Waals surface area contributed by atoms with Crippen LogP contribution in [0.5, 0.6) is 0 Å². The number of hydrogen-bond acceptors (Lipinski definition) is 3. The van der Waals surface area contributed by atoms with Gasteiger partial charge in [-0.1, -0.05) is 27.7 Å². The lowest BCUT2D eigenvalue weighted by molar-refractivity contribution is -0.147. The van der Waals surface area contributed by atoms with Crippen LogP contribution in [0.2, 0.25) is 0 Å². The molecule has 0 aliphatic carbocycles. The average molecular weight is 224 g/mol. The van der Waals surface area contributed by atoms with Gasteiger partial charge in [0.2, 0.25) is 0 Å². The monoisotopic (exact) mass is 224 g/mol. The van der Waals surface area contributed by atoms with Gasteiger partial charge in [-0.05, 0) is 11.8 Å². The molecule has 0 aromatic rings. The molecule has 0 N–H and O–H groups in total. The molecule has 0 saturated carbocycles. The number of esters is 1. The lowest BCUT2D eigenvalue weighted by atomic mass is 9.55. The van der Waals surface area contributed by atoms with Gasteiger partial charge in [-0.3, -0.25) is 4.79 Å². The molecular weight excluding hydrogens is 204 g/mol. The van der Waals surface area contributed by atoms with E-state index in [0.29, 0.717) is 11.8 Å². The van der Waals surface area contributed by atoms with Crippen molar-refractivity contribution in [3.05, 3.63) is 0 Å². The first-order chi connectivity index (χ1) is 7.49. The molecule has 4 unspecified atom stereocenters. The Morgan fingerprint density at radius 2 is 1.88 bits per heavy atom. The average Bonchev–Trinajstić information content (AvgIpc) is 2.74. The molecule has 0 amide bonds. The number of rotatable bonds is 2. The van der Waals surface area contributed by atoms with E-state index in [1.165, 1.54) is 0 Å². The van der Waals surface area contributed by atoms with Crippen LogP contribution in [-0.4, -0.2) is 24.3 Å². The van der Waals surface area contributed by atoms with Crippen LogP contribution in [0.25, 0.3) is 0 Å². The van der Waals surface area contributed by atoms with Crippen LogP contribution in [-0.2, 0) is 14.3 Å². The van der Waals surface area contributed by atoms with Gasteiger partial charge in [0.05, 0.1) is 12.0 Å². The summed E-state index contributed by atoms with van der Waals surface area (Å²) in [7, 11) is 0. The topological polar surface area (TPSA) is 35.5 Å². The molecule has 2 bridgehead atoms. The maximum atomic E-state index is 12.0. The number of carbonyl (C=O) groups excluding carboxylic acids is 1. The largest absolute Gasteiger partial charge is 0.459 e. The summed E-state index contributed by atoms with van der Waals surface area (Å²) >= 11 is 0. The predicted molar refractivity (Wildman–Crippen MR) is 58.8 cm³/mol. The third-order valence-corrected chi connectivity index (χ3v) is 5.08. The fraction of sp³-hybridized carbons (Fsp3) is 0.923. The second-order valence-electron chi connectivity index (χ2n) is 6.09. The molecule has 0 aromatic heterocycles. The molecule has 16 heavy (non-hydrogen) atoms. The van der Waals surface area contributed by atoms with Gasteiger partial charge < -0.3 is 9.47 Å². The van der Waals surface area contributed by atoms with Crippen molar-refractivity contribution in [3.8, 4) is 0 Å². The minimum absolute atomic E-state index is 0.00521. The van der Waals surface area contributed by atoms with E-state index in [9.17, 15) is 4.79 Å². The summed E-state index contributed by atoms with van der Waals surface area (Å²) in [6.07, 6.45) is 1.22. The molecule has 3 aliphatic rings. The maximum absolute atomic E-state index is 12.0. The molecule has 3 fully saturated rings. The van der Waals surface area contributed by atoms with Gasteiger partial charge in [0.25, 0.3) is 0 Å². The van der Waals surface area contributed by atoms with Gasteiger partial charge in [0, 0.05) is 11.8 Å². The highest BCUT2D eigenvalue weighted by Crippen LogP contribution is 2.63. The molecular formula is C13H20O3. The molecule has 3 nitrogen and oxygen atoms in total. The predicted octanol–water partition coefficient (Wildman–Crippen LogP) is 2.00. The van der Waals surface area contributed by atoms with E-state index >= 15 is 0 Å². The summed E-state index contributed by atoms with van der Waals surface area (Å²) < 4.78 is 11.5. The van der Waals surface area contributed by atoms with Gasteiger partial charge in [-0.15, -0.1) is 0 Å². The van der Waals surface area contributed by atoms with E-state index in [2.05, 4.69) is 27.7 Å². The highest BCUT2D eigenvalue weighted by atomic mass is 16.6. The molecule has 3 rings (SSSR count). The second kappa shape index (κ2) is 3.00. The molecule has 3 saturated heterocycles. The first kappa shape index (κ1) is 10.6. The standard InChI is InChI=1S/C13H20O3/c1-6(2)13(7(3)4)9-5-8-11(16-9)10(13)12(14)15-8/h6-11H,5H2,1-4H3. The van der Waals surface area contributed by atoms with Crippen LogP contribution >= 0.6 is 0 Å². The smallest absolute Gasteiger partial charge is 0.312 e. The molecule has 3 heteroatoms. The Morgan fingerprint density at radius 1 is 1.25 bits per heavy atom. The Morgan fingerprint density at radius 3 is 2.44 bits per heavy atom. The van der Waals surface area contributed by atoms with Gasteiger partial charge in [0.1, 0.15) is 12.2 Å². The third kappa shape index (κ3) is 0.922. The summed E-state index contributed by atoms with van der Waals surface area (Å²) in [4.78, 5) is 12.0. The van der Waals surface area contributed by atoms with E-state index < -0.39 is 0 Å². The molecule has 0 radical (unpaired) electrons. The van der Waals surface area contributed by atoms with E-state index in [1.54, 1.807) is 0 Å². The summed E-state index contributed by atoms with van der Waals surface area (Å²) in [5, 5.41) is 0. The minimum atomic E-state index is -0.0174. The van der Waals surface area contributed by atoms with Crippen LogP contribution in [0.3, 0.4) is 0 Å². The van der Waals surface area contributed by atoms with E-state index in [0.717, 1.165) is 6.42 Å². The lowest BCUT2D eigenvalue weighted by Gasteiger charge is -2.44. The Kier molecular flexibility index (Phi) is 1.99. The van der Waals surface area contributed by atoms with Crippen LogP contribution in [0.15, 0.2) is 0 Å². The third-order valence-electron chi connectivity index (χ3n) is 5.08. The van der Waals surface area contributed by atoms with Gasteiger partial charge in [-0.2, -0.15) is 0 Å². The van der Waals surface area contributed by atoms with Crippen LogP contribution in [0.1, 0.15) is 34.1 Å². The Balaban J connectivity index is 2.10. The second-order valence-corrected chi connectivity index (χ2v) is 6.09.